The van der Waals surface area contributed by atoms with Crippen molar-refractivity contribution in [3.05, 3.63) is 45.3 Å². The van der Waals surface area contributed by atoms with E-state index in [0.29, 0.717) is 22.3 Å². The Kier molecular flexibility index (Phi) is 5.14. The van der Waals surface area contributed by atoms with Gasteiger partial charge in [0.15, 0.2) is 0 Å². The summed E-state index contributed by atoms with van der Waals surface area (Å²) in [6, 6.07) is 4.04. The van der Waals surface area contributed by atoms with Crippen LogP contribution in [0.4, 0.5) is 0 Å². The maximum Gasteiger partial charge on any atom is 0.410 e. The van der Waals surface area contributed by atoms with Crippen LogP contribution in [0.1, 0.15) is 26.5 Å². The first kappa shape index (κ1) is 17.4. The van der Waals surface area contributed by atoms with Crippen LogP contribution in [0.25, 0.3) is 11.0 Å². The molecule has 9 heteroatoms. The number of benzene rings is 1. The molecule has 2 aromatic rings. The topological polar surface area (TPSA) is 116 Å². The summed E-state index contributed by atoms with van der Waals surface area (Å²) >= 11 is 0. The van der Waals surface area contributed by atoms with Crippen molar-refractivity contribution in [3.8, 4) is 0 Å². The van der Waals surface area contributed by atoms with Crippen LogP contribution in [0.2, 0.25) is 0 Å². The van der Waals surface area contributed by atoms with E-state index in [1.165, 1.54) is 32.2 Å². The fourth-order valence-corrected chi connectivity index (χ4v) is 2.24. The van der Waals surface area contributed by atoms with Gasteiger partial charge in [-0.1, -0.05) is 0 Å². The number of hydrogen-bond donors (Lipinski definition) is 1. The fourth-order valence-electron chi connectivity index (χ4n) is 2.24. The van der Waals surface area contributed by atoms with Gasteiger partial charge in [-0.2, -0.15) is 0 Å². The first-order chi connectivity index (χ1) is 11.4. The number of carbonyl (C=O) groups is 2. The highest BCUT2D eigenvalue weighted by molar-refractivity contribution is 5.97. The first-order valence-corrected chi connectivity index (χ1v) is 7.07. The smallest absolute Gasteiger partial charge is 0.410 e. The number of ether oxygens (including phenoxy) is 2. The van der Waals surface area contributed by atoms with E-state index >= 15 is 0 Å². The molecule has 1 N–H and O–H groups in total. The molecule has 1 heterocycles. The molecule has 0 unspecified atom stereocenters. The minimum Gasteiger partial charge on any atom is -0.805 e. The van der Waals surface area contributed by atoms with E-state index in [-0.39, 0.29) is 22.3 Å². The third kappa shape index (κ3) is 3.06. The van der Waals surface area contributed by atoms with Gasteiger partial charge in [-0.25, -0.2) is 4.79 Å². The number of nitrogens with zero attached hydrogens (tertiary/aromatic N) is 2. The normalized spacial score (nSPS) is 10.6. The Balaban J connectivity index is 2.57. The van der Waals surface area contributed by atoms with Gasteiger partial charge >= 0.3 is 11.7 Å². The molecule has 9 nitrogen and oxygen atoms in total. The molecular weight excluding hydrogens is 318 g/mol. The molecule has 0 saturated heterocycles. The summed E-state index contributed by atoms with van der Waals surface area (Å²) in [6.07, 6.45) is 0. The Bertz CT molecular complexity index is 858. The minimum absolute atomic E-state index is 0.0450. The van der Waals surface area contributed by atoms with Crippen molar-refractivity contribution in [2.75, 3.05) is 27.4 Å². The van der Waals surface area contributed by atoms with Gasteiger partial charge < -0.3 is 24.7 Å². The summed E-state index contributed by atoms with van der Waals surface area (Å²) in [5.74, 6) is -1.35. The Labute approximate surface area is 137 Å². The van der Waals surface area contributed by atoms with Crippen molar-refractivity contribution >= 4 is 22.9 Å². The van der Waals surface area contributed by atoms with Gasteiger partial charge in [0.1, 0.15) is 5.52 Å². The van der Waals surface area contributed by atoms with E-state index in [2.05, 4.69) is 10.1 Å². The SMILES string of the molecule is COCCNC(=O)c1ccc2c(c1)[n+](=O)c(C(=O)OC)c(C)n2[O-]. The lowest BCUT2D eigenvalue weighted by Gasteiger charge is -2.16. The van der Waals surface area contributed by atoms with Crippen LogP contribution in [-0.2, 0) is 9.47 Å². The van der Waals surface area contributed by atoms with E-state index < -0.39 is 17.6 Å². The van der Waals surface area contributed by atoms with E-state index in [4.69, 9.17) is 4.74 Å². The zero-order chi connectivity index (χ0) is 17.9. The molecule has 24 heavy (non-hydrogen) atoms. The zero-order valence-corrected chi connectivity index (χ0v) is 13.5. The molecule has 128 valence electrons. The molecule has 0 saturated carbocycles. The number of nitrogens with one attached hydrogen (secondary N) is 1. The molecular formula is C15H17N3O6. The molecule has 1 aromatic carbocycles. The predicted molar refractivity (Wildman–Crippen MR) is 84.4 cm³/mol. The van der Waals surface area contributed by atoms with Gasteiger partial charge in [-0.15, -0.1) is 0 Å². The third-order valence-electron chi connectivity index (χ3n) is 3.50. The maximum atomic E-state index is 12.4. The Morgan fingerprint density at radius 2 is 2.04 bits per heavy atom. The standard InChI is InChI=1S/C15H17N3O6/c1-9-13(15(20)24-3)18(22)12-8-10(4-5-11(12)17(9)21)14(19)16-6-7-23-2/h4-5,8H,6-7H2,1-3H3,(H,16,19). The second-order valence-electron chi connectivity index (χ2n) is 4.97. The summed E-state index contributed by atoms with van der Waals surface area (Å²) in [5.41, 5.74) is -0.375. The molecule has 0 fully saturated rings. The molecule has 0 spiro atoms. The first-order valence-electron chi connectivity index (χ1n) is 7.07. The lowest BCUT2D eigenvalue weighted by molar-refractivity contribution is -0.469. The summed E-state index contributed by atoms with van der Waals surface area (Å²) in [6.45, 7) is 1.99. The molecule has 0 aliphatic rings. The average molecular weight is 335 g/mol. The third-order valence-corrected chi connectivity index (χ3v) is 3.50. The number of hydrogen-bond acceptors (Lipinski definition) is 6. The minimum atomic E-state index is -0.927. The van der Waals surface area contributed by atoms with Crippen molar-refractivity contribution < 1.29 is 23.5 Å². The molecule has 1 amide bonds. The largest absolute Gasteiger partial charge is 0.805 e. The van der Waals surface area contributed by atoms with Crippen LogP contribution in [0, 0.1) is 17.0 Å². The summed E-state index contributed by atoms with van der Waals surface area (Å²) in [5, 5.41) is 14.9. The van der Waals surface area contributed by atoms with Crippen LogP contribution in [0.3, 0.4) is 0 Å². The Morgan fingerprint density at radius 1 is 1.33 bits per heavy atom. The lowest BCUT2D eigenvalue weighted by Crippen LogP contribution is -2.32. The lowest BCUT2D eigenvalue weighted by atomic mass is 10.1. The molecule has 2 rings (SSSR count). The second kappa shape index (κ2) is 7.09. The predicted octanol–water partition coefficient (Wildman–Crippen LogP) is 0.373. The van der Waals surface area contributed by atoms with Crippen LogP contribution in [0.5, 0.6) is 0 Å². The Hall–Kier alpha value is -2.94. The van der Waals surface area contributed by atoms with E-state index in [1.54, 1.807) is 0 Å². The number of rotatable bonds is 5. The fraction of sp³-hybridized carbons (Fsp3) is 0.333. The molecule has 0 aliphatic heterocycles. The molecule has 0 aliphatic carbocycles. The quantitative estimate of drug-likeness (QED) is 0.479. The molecule has 0 atom stereocenters. The number of methoxy groups -OCH3 is 2. The van der Waals surface area contributed by atoms with Crippen molar-refractivity contribution in [3.63, 3.8) is 0 Å². The van der Waals surface area contributed by atoms with E-state index in [9.17, 15) is 19.7 Å². The van der Waals surface area contributed by atoms with Gasteiger partial charge in [0.2, 0.25) is 0 Å². The number of aromatic nitrogens is 2. The Morgan fingerprint density at radius 3 is 2.67 bits per heavy atom. The van der Waals surface area contributed by atoms with Crippen LogP contribution in [-0.4, -0.2) is 44.0 Å². The van der Waals surface area contributed by atoms with Gasteiger partial charge in [-0.3, -0.25) is 4.79 Å². The maximum absolute atomic E-state index is 12.4. The van der Waals surface area contributed by atoms with Gasteiger partial charge in [0.05, 0.1) is 23.8 Å². The average Bonchev–Trinajstić information content (AvgIpc) is 2.59. The molecule has 1 aromatic heterocycles. The van der Waals surface area contributed by atoms with Gasteiger partial charge in [0, 0.05) is 30.2 Å². The van der Waals surface area contributed by atoms with Crippen molar-refractivity contribution in [2.24, 2.45) is 0 Å². The highest BCUT2D eigenvalue weighted by Gasteiger charge is 2.28. The van der Waals surface area contributed by atoms with Gasteiger partial charge in [0.25, 0.3) is 11.4 Å². The van der Waals surface area contributed by atoms with Crippen LogP contribution >= 0.6 is 0 Å². The highest BCUT2D eigenvalue weighted by atomic mass is 16.5. The summed E-state index contributed by atoms with van der Waals surface area (Å²) < 4.78 is 10.1. The molecule has 0 bridgehead atoms. The summed E-state index contributed by atoms with van der Waals surface area (Å²) in [4.78, 5) is 36.3. The number of carbonyl (C=O) groups excluding carboxylic acids is 2. The monoisotopic (exact) mass is 335 g/mol. The van der Waals surface area contributed by atoms with Crippen molar-refractivity contribution in [2.45, 2.75) is 6.92 Å². The molecule has 0 radical (unpaired) electrons. The number of fused-ring (bicyclic) bond motifs is 1. The second-order valence-corrected chi connectivity index (χ2v) is 4.97. The van der Waals surface area contributed by atoms with Crippen molar-refractivity contribution in [1.29, 1.82) is 0 Å². The van der Waals surface area contributed by atoms with Crippen molar-refractivity contribution in [1.82, 2.24) is 10.0 Å². The summed E-state index contributed by atoms with van der Waals surface area (Å²) in [7, 11) is 2.62. The van der Waals surface area contributed by atoms with Gasteiger partial charge in [-0.05, 0) is 19.1 Å². The zero-order valence-electron chi connectivity index (χ0n) is 13.5. The van der Waals surface area contributed by atoms with Crippen LogP contribution in [0.15, 0.2) is 18.2 Å². The van der Waals surface area contributed by atoms with E-state index in [0.717, 1.165) is 7.11 Å². The van der Waals surface area contributed by atoms with E-state index in [1.807, 2.05) is 0 Å². The highest BCUT2D eigenvalue weighted by Crippen LogP contribution is 2.16. The number of esters is 1. The van der Waals surface area contributed by atoms with Crippen LogP contribution < -0.4 is 9.74 Å². The number of amides is 1.